The molecule has 0 bridgehead atoms. The number of amides is 2. The minimum atomic E-state index is -0.531. The molecule has 3 N–H and O–H groups in total. The van der Waals surface area contributed by atoms with Crippen molar-refractivity contribution in [2.24, 2.45) is 0 Å². The fraction of sp³-hybridized carbons (Fsp3) is 0.611. The van der Waals surface area contributed by atoms with Crippen molar-refractivity contribution in [2.75, 3.05) is 26.2 Å². The molecule has 0 unspecified atom stereocenters. The third-order valence-corrected chi connectivity index (χ3v) is 4.16. The number of nitrogens with one attached hydrogen (secondary N) is 1. The van der Waals surface area contributed by atoms with E-state index >= 15 is 0 Å². The van der Waals surface area contributed by atoms with Crippen LogP contribution in [0.25, 0.3) is 0 Å². The number of aliphatic hydroxyl groups excluding tert-OH is 1. The molecular formula is C18H28N2O4. The first-order valence-electron chi connectivity index (χ1n) is 8.78. The summed E-state index contributed by atoms with van der Waals surface area (Å²) in [6.45, 7) is 2.59. The highest BCUT2D eigenvalue weighted by Gasteiger charge is 2.15. The first-order valence-corrected chi connectivity index (χ1v) is 8.78. The topological polar surface area (TPSA) is 82.0 Å². The van der Waals surface area contributed by atoms with E-state index in [2.05, 4.69) is 5.32 Å². The monoisotopic (exact) mass is 336 g/mol. The zero-order valence-electron chi connectivity index (χ0n) is 14.1. The van der Waals surface area contributed by atoms with Gasteiger partial charge in [0, 0.05) is 19.6 Å². The number of ether oxygens (including phenoxy) is 1. The lowest BCUT2D eigenvalue weighted by molar-refractivity contribution is 0.0976. The van der Waals surface area contributed by atoms with Gasteiger partial charge in [-0.2, -0.15) is 0 Å². The fourth-order valence-corrected chi connectivity index (χ4v) is 2.73. The van der Waals surface area contributed by atoms with Crippen LogP contribution in [0.3, 0.4) is 0 Å². The SMILES string of the molecule is O=C(NCCCC[C@H](O)COc1ccc(O)cc1)N1CCCCC1. The number of aromatic hydroxyl groups is 1. The van der Waals surface area contributed by atoms with Crippen molar-refractivity contribution in [3.63, 3.8) is 0 Å². The highest BCUT2D eigenvalue weighted by molar-refractivity contribution is 5.74. The molecule has 2 amide bonds. The van der Waals surface area contributed by atoms with Gasteiger partial charge in [0.15, 0.2) is 0 Å². The molecule has 1 aliphatic heterocycles. The molecule has 0 aromatic heterocycles. The zero-order valence-corrected chi connectivity index (χ0v) is 14.1. The molecule has 2 rings (SSSR count). The van der Waals surface area contributed by atoms with Crippen LogP contribution in [0.1, 0.15) is 38.5 Å². The first-order chi connectivity index (χ1) is 11.6. The quantitative estimate of drug-likeness (QED) is 0.637. The number of rotatable bonds is 8. The van der Waals surface area contributed by atoms with Crippen molar-refractivity contribution >= 4 is 6.03 Å². The fourth-order valence-electron chi connectivity index (χ4n) is 2.73. The van der Waals surface area contributed by atoms with Crippen LogP contribution < -0.4 is 10.1 Å². The molecule has 1 fully saturated rings. The Labute approximate surface area is 143 Å². The standard InChI is InChI=1S/C18H28N2O4/c21-15-7-9-17(10-8-15)24-14-16(22)6-2-3-11-19-18(23)20-12-4-1-5-13-20/h7-10,16,21-22H,1-6,11-14H2,(H,19,23)/t16-/m0/s1. The number of carbonyl (C=O) groups is 1. The summed E-state index contributed by atoms with van der Waals surface area (Å²) >= 11 is 0. The predicted molar refractivity (Wildman–Crippen MR) is 92.3 cm³/mol. The Balaban J connectivity index is 1.50. The predicted octanol–water partition coefficient (Wildman–Crippen LogP) is 2.50. The van der Waals surface area contributed by atoms with Gasteiger partial charge in [-0.25, -0.2) is 4.79 Å². The summed E-state index contributed by atoms with van der Waals surface area (Å²) in [6, 6.07) is 6.46. The van der Waals surface area contributed by atoms with Crippen molar-refractivity contribution in [1.82, 2.24) is 10.2 Å². The van der Waals surface area contributed by atoms with Gasteiger partial charge in [-0.05, 0) is 62.8 Å². The van der Waals surface area contributed by atoms with Crippen LogP contribution in [0.2, 0.25) is 0 Å². The van der Waals surface area contributed by atoms with E-state index < -0.39 is 6.10 Å². The number of carbonyl (C=O) groups excluding carboxylic acids is 1. The Bertz CT molecular complexity index is 486. The van der Waals surface area contributed by atoms with Crippen LogP contribution in [-0.4, -0.2) is 53.5 Å². The van der Waals surface area contributed by atoms with E-state index in [0.717, 1.165) is 38.8 Å². The lowest BCUT2D eigenvalue weighted by Gasteiger charge is -2.26. The summed E-state index contributed by atoms with van der Waals surface area (Å²) in [4.78, 5) is 13.8. The molecule has 1 heterocycles. The Morgan fingerprint density at radius 1 is 1.17 bits per heavy atom. The maximum atomic E-state index is 11.9. The van der Waals surface area contributed by atoms with E-state index in [1.807, 2.05) is 4.90 Å². The third-order valence-electron chi connectivity index (χ3n) is 4.16. The average molecular weight is 336 g/mol. The van der Waals surface area contributed by atoms with E-state index in [9.17, 15) is 15.0 Å². The second-order valence-electron chi connectivity index (χ2n) is 6.23. The smallest absolute Gasteiger partial charge is 0.317 e. The lowest BCUT2D eigenvalue weighted by atomic mass is 10.1. The van der Waals surface area contributed by atoms with E-state index in [1.54, 1.807) is 24.3 Å². The summed E-state index contributed by atoms with van der Waals surface area (Å²) in [5.41, 5.74) is 0. The molecule has 1 atom stereocenters. The summed E-state index contributed by atoms with van der Waals surface area (Å²) in [5, 5.41) is 22.0. The highest BCUT2D eigenvalue weighted by atomic mass is 16.5. The maximum Gasteiger partial charge on any atom is 0.317 e. The zero-order chi connectivity index (χ0) is 17.2. The first kappa shape index (κ1) is 18.4. The molecule has 134 valence electrons. The number of aliphatic hydroxyl groups is 1. The van der Waals surface area contributed by atoms with Gasteiger partial charge >= 0.3 is 6.03 Å². The molecule has 1 aromatic rings. The van der Waals surface area contributed by atoms with Crippen LogP contribution in [0.4, 0.5) is 4.79 Å². The number of piperidine rings is 1. The second kappa shape index (κ2) is 10.0. The van der Waals surface area contributed by atoms with E-state index in [-0.39, 0.29) is 18.4 Å². The van der Waals surface area contributed by atoms with E-state index in [0.29, 0.717) is 18.7 Å². The molecular weight excluding hydrogens is 308 g/mol. The van der Waals surface area contributed by atoms with Crippen LogP contribution >= 0.6 is 0 Å². The molecule has 1 aliphatic rings. The molecule has 1 saturated heterocycles. The van der Waals surface area contributed by atoms with Crippen molar-refractivity contribution in [2.45, 2.75) is 44.6 Å². The van der Waals surface area contributed by atoms with Gasteiger partial charge in [0.05, 0.1) is 6.10 Å². The Hall–Kier alpha value is -1.95. The summed E-state index contributed by atoms with van der Waals surface area (Å²) < 4.78 is 5.46. The average Bonchev–Trinajstić information content (AvgIpc) is 2.61. The number of urea groups is 1. The highest BCUT2D eigenvalue weighted by Crippen LogP contribution is 2.16. The number of benzene rings is 1. The summed E-state index contributed by atoms with van der Waals surface area (Å²) in [6.07, 6.45) is 5.19. The molecule has 0 radical (unpaired) electrons. The van der Waals surface area contributed by atoms with Crippen LogP contribution in [0.5, 0.6) is 11.5 Å². The number of hydrogen-bond acceptors (Lipinski definition) is 4. The van der Waals surface area contributed by atoms with Gasteiger partial charge < -0.3 is 25.2 Å². The van der Waals surface area contributed by atoms with Crippen LogP contribution in [0, 0.1) is 0 Å². The molecule has 0 spiro atoms. The number of nitrogens with zero attached hydrogens (tertiary/aromatic N) is 1. The minimum Gasteiger partial charge on any atom is -0.508 e. The number of phenols is 1. The van der Waals surface area contributed by atoms with Crippen molar-refractivity contribution in [3.8, 4) is 11.5 Å². The van der Waals surface area contributed by atoms with Gasteiger partial charge in [-0.1, -0.05) is 0 Å². The van der Waals surface area contributed by atoms with Crippen molar-refractivity contribution < 1.29 is 19.7 Å². The van der Waals surface area contributed by atoms with Crippen LogP contribution in [-0.2, 0) is 0 Å². The minimum absolute atomic E-state index is 0.0333. The molecule has 1 aromatic carbocycles. The maximum absolute atomic E-state index is 11.9. The normalized spacial score (nSPS) is 15.8. The van der Waals surface area contributed by atoms with Crippen molar-refractivity contribution in [3.05, 3.63) is 24.3 Å². The number of likely N-dealkylation sites (tertiary alicyclic amines) is 1. The summed E-state index contributed by atoms with van der Waals surface area (Å²) in [7, 11) is 0. The lowest BCUT2D eigenvalue weighted by Crippen LogP contribution is -2.43. The van der Waals surface area contributed by atoms with E-state index in [1.165, 1.54) is 6.42 Å². The van der Waals surface area contributed by atoms with E-state index in [4.69, 9.17) is 4.74 Å². The Morgan fingerprint density at radius 3 is 2.58 bits per heavy atom. The molecule has 0 aliphatic carbocycles. The van der Waals surface area contributed by atoms with Gasteiger partial charge in [-0.3, -0.25) is 0 Å². The van der Waals surface area contributed by atoms with Crippen molar-refractivity contribution in [1.29, 1.82) is 0 Å². The number of hydrogen-bond donors (Lipinski definition) is 3. The van der Waals surface area contributed by atoms with Gasteiger partial charge in [0.25, 0.3) is 0 Å². The van der Waals surface area contributed by atoms with Gasteiger partial charge in [0.2, 0.25) is 0 Å². The van der Waals surface area contributed by atoms with Crippen LogP contribution in [0.15, 0.2) is 24.3 Å². The van der Waals surface area contributed by atoms with Gasteiger partial charge in [0.1, 0.15) is 18.1 Å². The molecule has 6 nitrogen and oxygen atoms in total. The molecule has 24 heavy (non-hydrogen) atoms. The molecule has 0 saturated carbocycles. The Morgan fingerprint density at radius 2 is 1.88 bits per heavy atom. The van der Waals surface area contributed by atoms with Gasteiger partial charge in [-0.15, -0.1) is 0 Å². The number of unbranched alkanes of at least 4 members (excludes halogenated alkanes) is 1. The largest absolute Gasteiger partial charge is 0.508 e. The summed E-state index contributed by atoms with van der Waals surface area (Å²) in [5.74, 6) is 0.815. The number of phenolic OH excluding ortho intramolecular Hbond substituents is 1. The molecule has 6 heteroatoms. The Kier molecular flexibility index (Phi) is 7.68. The third kappa shape index (κ3) is 6.66. The second-order valence-corrected chi connectivity index (χ2v) is 6.23.